The van der Waals surface area contributed by atoms with Crippen LogP contribution in [-0.4, -0.2) is 40.1 Å². The van der Waals surface area contributed by atoms with Crippen LogP contribution < -0.4 is 0 Å². The van der Waals surface area contributed by atoms with E-state index in [1.54, 1.807) is 4.90 Å². The normalized spacial score (nSPS) is 15.4. The number of hydrogen-bond acceptors (Lipinski definition) is 3. The van der Waals surface area contributed by atoms with E-state index in [1.807, 2.05) is 6.92 Å². The second-order valence-corrected chi connectivity index (χ2v) is 4.78. The van der Waals surface area contributed by atoms with Crippen LogP contribution in [-0.2, 0) is 11.5 Å². The van der Waals surface area contributed by atoms with Crippen LogP contribution in [0.3, 0.4) is 0 Å². The van der Waals surface area contributed by atoms with Crippen molar-refractivity contribution < 1.29 is 9.53 Å². The smallest absolute Gasteiger partial charge is 0.290 e. The van der Waals surface area contributed by atoms with E-state index in [1.165, 1.54) is 4.57 Å². The number of likely N-dealkylation sites (tertiary alicyclic amines) is 1. The summed E-state index contributed by atoms with van der Waals surface area (Å²) in [6.07, 6.45) is 2.05. The molecule has 2 heterocycles. The zero-order valence-electron chi connectivity index (χ0n) is 10.2. The summed E-state index contributed by atoms with van der Waals surface area (Å²) in [5.74, 6) is 0.112. The van der Waals surface area contributed by atoms with Crippen LogP contribution in [0.2, 0.25) is 10.3 Å². The van der Waals surface area contributed by atoms with Crippen molar-refractivity contribution in [2.45, 2.75) is 26.5 Å². The highest BCUT2D eigenvalue weighted by Crippen LogP contribution is 2.24. The lowest BCUT2D eigenvalue weighted by Crippen LogP contribution is -2.30. The maximum atomic E-state index is 12.3. The minimum absolute atomic E-state index is 0.138. The van der Waals surface area contributed by atoms with E-state index in [4.69, 9.17) is 27.9 Å². The van der Waals surface area contributed by atoms with Crippen LogP contribution in [0.15, 0.2) is 0 Å². The molecule has 1 fully saturated rings. The first kappa shape index (κ1) is 13.6. The van der Waals surface area contributed by atoms with Crippen LogP contribution in [0.1, 0.15) is 30.4 Å². The van der Waals surface area contributed by atoms with E-state index >= 15 is 0 Å². The summed E-state index contributed by atoms with van der Waals surface area (Å²) in [5, 5.41) is 0.381. The molecule has 18 heavy (non-hydrogen) atoms. The third-order valence-electron chi connectivity index (χ3n) is 2.88. The number of imidazole rings is 1. The Morgan fingerprint density at radius 1 is 1.39 bits per heavy atom. The fourth-order valence-corrected chi connectivity index (χ4v) is 2.28. The van der Waals surface area contributed by atoms with Crippen LogP contribution in [0, 0.1) is 0 Å². The molecule has 1 aromatic rings. The number of rotatable bonds is 4. The molecule has 0 aliphatic carbocycles. The van der Waals surface area contributed by atoms with Crippen LogP contribution in [0.5, 0.6) is 0 Å². The average Bonchev–Trinajstić information content (AvgIpc) is 2.97. The second-order valence-electron chi connectivity index (χ2n) is 4.07. The third kappa shape index (κ3) is 2.63. The van der Waals surface area contributed by atoms with E-state index in [-0.39, 0.29) is 28.8 Å². The van der Waals surface area contributed by atoms with E-state index in [0.29, 0.717) is 6.61 Å². The van der Waals surface area contributed by atoms with Gasteiger partial charge in [-0.15, -0.1) is 0 Å². The summed E-state index contributed by atoms with van der Waals surface area (Å²) in [7, 11) is 0. The van der Waals surface area contributed by atoms with Crippen molar-refractivity contribution >= 4 is 29.1 Å². The van der Waals surface area contributed by atoms with E-state index in [2.05, 4.69) is 4.98 Å². The number of hydrogen-bond donors (Lipinski definition) is 0. The largest absolute Gasteiger partial charge is 0.361 e. The van der Waals surface area contributed by atoms with Crippen LogP contribution in [0.4, 0.5) is 0 Å². The molecular formula is C11H15Cl2N3O2. The Labute approximate surface area is 116 Å². The highest BCUT2D eigenvalue weighted by molar-refractivity contribution is 6.40. The second kappa shape index (κ2) is 5.91. The molecule has 0 radical (unpaired) electrons. The number of amides is 1. The van der Waals surface area contributed by atoms with E-state index in [9.17, 15) is 4.79 Å². The summed E-state index contributed by atoms with van der Waals surface area (Å²) < 4.78 is 6.78. The molecule has 0 aromatic carbocycles. The van der Waals surface area contributed by atoms with Gasteiger partial charge in [0.25, 0.3) is 5.91 Å². The van der Waals surface area contributed by atoms with E-state index in [0.717, 1.165) is 25.9 Å². The van der Waals surface area contributed by atoms with Crippen molar-refractivity contribution in [3.8, 4) is 0 Å². The topological polar surface area (TPSA) is 47.4 Å². The van der Waals surface area contributed by atoms with Crippen molar-refractivity contribution in [3.05, 3.63) is 16.1 Å². The zero-order chi connectivity index (χ0) is 13.1. The Hall–Kier alpha value is -0.780. The van der Waals surface area contributed by atoms with Crippen molar-refractivity contribution in [1.82, 2.24) is 14.5 Å². The van der Waals surface area contributed by atoms with Gasteiger partial charge in [0.15, 0.2) is 5.15 Å². The highest BCUT2D eigenvalue weighted by Gasteiger charge is 2.26. The Morgan fingerprint density at radius 3 is 2.67 bits per heavy atom. The minimum Gasteiger partial charge on any atom is -0.361 e. The lowest BCUT2D eigenvalue weighted by atomic mass is 10.4. The first-order chi connectivity index (χ1) is 8.65. The fraction of sp³-hybridized carbons (Fsp3) is 0.636. The predicted molar refractivity (Wildman–Crippen MR) is 69.0 cm³/mol. The molecule has 1 saturated heterocycles. The molecule has 0 atom stereocenters. The number of nitrogens with zero attached hydrogens (tertiary/aromatic N) is 3. The van der Waals surface area contributed by atoms with Gasteiger partial charge in [-0.3, -0.25) is 9.36 Å². The van der Waals surface area contributed by atoms with Gasteiger partial charge in [0.05, 0.1) is 0 Å². The molecule has 0 bridgehead atoms. The Kier molecular flexibility index (Phi) is 4.48. The number of carbonyl (C=O) groups excluding carboxylic acids is 1. The molecule has 1 aliphatic rings. The number of halogens is 2. The first-order valence-corrected chi connectivity index (χ1v) is 6.69. The monoisotopic (exact) mass is 291 g/mol. The molecule has 1 amide bonds. The third-order valence-corrected chi connectivity index (χ3v) is 3.62. The number of aromatic nitrogens is 2. The summed E-state index contributed by atoms with van der Waals surface area (Å²) >= 11 is 11.9. The highest BCUT2D eigenvalue weighted by atomic mass is 35.5. The van der Waals surface area contributed by atoms with Gasteiger partial charge in [0, 0.05) is 19.7 Å². The SMILES string of the molecule is CCOCn1c(C(=O)N2CCCC2)nc(Cl)c1Cl. The maximum Gasteiger partial charge on any atom is 0.290 e. The van der Waals surface area contributed by atoms with Crippen molar-refractivity contribution in [1.29, 1.82) is 0 Å². The molecule has 100 valence electrons. The zero-order valence-corrected chi connectivity index (χ0v) is 11.7. The summed E-state index contributed by atoms with van der Waals surface area (Å²) in [6, 6.07) is 0. The Bertz CT molecular complexity index is 442. The molecule has 5 nitrogen and oxygen atoms in total. The summed E-state index contributed by atoms with van der Waals surface area (Å²) in [6.45, 7) is 4.10. The Morgan fingerprint density at radius 2 is 2.06 bits per heavy atom. The molecule has 0 unspecified atom stereocenters. The van der Waals surface area contributed by atoms with Crippen molar-refractivity contribution in [2.24, 2.45) is 0 Å². The van der Waals surface area contributed by atoms with Gasteiger partial charge < -0.3 is 9.64 Å². The standard InChI is InChI=1S/C11H15Cl2N3O2/c1-2-18-7-16-9(13)8(12)14-10(16)11(17)15-5-3-4-6-15/h2-7H2,1H3. The number of carbonyl (C=O) groups is 1. The molecule has 7 heteroatoms. The molecule has 0 N–H and O–H groups in total. The van der Waals surface area contributed by atoms with Crippen LogP contribution >= 0.6 is 23.2 Å². The van der Waals surface area contributed by atoms with Gasteiger partial charge in [0.1, 0.15) is 11.9 Å². The lowest BCUT2D eigenvalue weighted by Gasteiger charge is -2.15. The van der Waals surface area contributed by atoms with Gasteiger partial charge in [0.2, 0.25) is 5.82 Å². The maximum absolute atomic E-state index is 12.3. The fourth-order valence-electron chi connectivity index (χ4n) is 1.93. The molecule has 0 saturated carbocycles. The van der Waals surface area contributed by atoms with Gasteiger partial charge in [-0.2, -0.15) is 0 Å². The van der Waals surface area contributed by atoms with Gasteiger partial charge >= 0.3 is 0 Å². The average molecular weight is 292 g/mol. The molecule has 1 aliphatic heterocycles. The van der Waals surface area contributed by atoms with Crippen molar-refractivity contribution in [3.63, 3.8) is 0 Å². The lowest BCUT2D eigenvalue weighted by molar-refractivity contribution is 0.0693. The molecule has 1 aromatic heterocycles. The quantitative estimate of drug-likeness (QED) is 0.856. The summed E-state index contributed by atoms with van der Waals surface area (Å²) in [5.41, 5.74) is 0. The molecule has 0 spiro atoms. The number of ether oxygens (including phenoxy) is 1. The molecular weight excluding hydrogens is 277 g/mol. The summed E-state index contributed by atoms with van der Waals surface area (Å²) in [4.78, 5) is 18.1. The van der Waals surface area contributed by atoms with Gasteiger partial charge in [-0.25, -0.2) is 4.98 Å². The Balaban J connectivity index is 2.25. The van der Waals surface area contributed by atoms with Gasteiger partial charge in [-0.05, 0) is 19.8 Å². The van der Waals surface area contributed by atoms with Crippen LogP contribution in [0.25, 0.3) is 0 Å². The predicted octanol–water partition coefficient (Wildman–Crippen LogP) is 2.42. The van der Waals surface area contributed by atoms with Gasteiger partial charge in [-0.1, -0.05) is 23.2 Å². The molecule has 2 rings (SSSR count). The van der Waals surface area contributed by atoms with Crippen molar-refractivity contribution in [2.75, 3.05) is 19.7 Å². The minimum atomic E-state index is -0.138. The first-order valence-electron chi connectivity index (χ1n) is 5.93. The van der Waals surface area contributed by atoms with E-state index < -0.39 is 0 Å².